The number of carbonyl (C=O) groups is 1. The van der Waals surface area contributed by atoms with E-state index in [1.165, 1.54) is 6.92 Å². The topological polar surface area (TPSA) is 138 Å². The number of aliphatic hydroxyl groups is 1. The largest absolute Gasteiger partial charge is 0.438 e. The van der Waals surface area contributed by atoms with Gasteiger partial charge in [-0.3, -0.25) is 4.79 Å². The van der Waals surface area contributed by atoms with Gasteiger partial charge >= 0.3 is 23.0 Å². The van der Waals surface area contributed by atoms with Crippen LogP contribution < -0.4 is 17.1 Å². The Morgan fingerprint density at radius 2 is 1.56 bits per heavy atom. The number of rotatable bonds is 7. The van der Waals surface area contributed by atoms with Crippen LogP contribution in [0.5, 0.6) is 0 Å². The smallest absolute Gasteiger partial charge is 0.339 e. The third kappa shape index (κ3) is 3.72. The van der Waals surface area contributed by atoms with E-state index in [4.69, 9.17) is 14.2 Å². The first-order valence-corrected chi connectivity index (χ1v) is 7.84. The van der Waals surface area contributed by atoms with Crippen LogP contribution in [0, 0.1) is 0 Å². The summed E-state index contributed by atoms with van der Waals surface area (Å²) in [4.78, 5) is 49.2. The van der Waals surface area contributed by atoms with E-state index in [0.717, 1.165) is 16.1 Å². The van der Waals surface area contributed by atoms with Crippen LogP contribution in [0.15, 0.2) is 14.4 Å². The minimum absolute atomic E-state index is 0.0317. The fraction of sp³-hybridized carbons (Fsp3) is 0.714. The van der Waals surface area contributed by atoms with Crippen molar-refractivity contribution in [2.45, 2.75) is 51.5 Å². The van der Waals surface area contributed by atoms with Crippen LogP contribution in [0.2, 0.25) is 0 Å². The van der Waals surface area contributed by atoms with E-state index in [0.29, 0.717) is 17.8 Å². The molecule has 0 amide bonds. The Morgan fingerprint density at radius 1 is 1.12 bits per heavy atom. The number of nitrogens with zero attached hydrogens (tertiary/aromatic N) is 3. The summed E-state index contributed by atoms with van der Waals surface area (Å²) < 4.78 is 17.3. The molecule has 4 unspecified atom stereocenters. The Balaban J connectivity index is 2.17. The molecule has 2 fully saturated rings. The van der Waals surface area contributed by atoms with Gasteiger partial charge in [-0.15, -0.1) is 0 Å². The minimum Gasteiger partial charge on any atom is -0.438 e. The zero-order valence-corrected chi connectivity index (χ0v) is 13.8. The van der Waals surface area contributed by atoms with Crippen LogP contribution in [0.4, 0.5) is 0 Å². The summed E-state index contributed by atoms with van der Waals surface area (Å²) in [5.74, 6) is -0.780. The number of epoxide rings is 2. The van der Waals surface area contributed by atoms with Crippen molar-refractivity contribution >= 4 is 5.97 Å². The predicted octanol–water partition coefficient (Wildman–Crippen LogP) is -2.59. The molecule has 2 saturated heterocycles. The second-order valence-electron chi connectivity index (χ2n) is 6.09. The van der Waals surface area contributed by atoms with Crippen molar-refractivity contribution in [3.63, 3.8) is 0 Å². The lowest BCUT2D eigenvalue weighted by atomic mass is 10.3. The molecule has 0 aliphatic carbocycles. The van der Waals surface area contributed by atoms with E-state index < -0.39 is 35.4 Å². The standard InChI is InChI=1S/C14H19N3O8/c1-7(18)11(25-8(2)19)17-13(21)15(3-9-5-23-9)12(20)16(14(17)22)4-10-6-24-10/h7,9-11,18H,3-6H2,1-2H3. The second-order valence-corrected chi connectivity index (χ2v) is 6.09. The first kappa shape index (κ1) is 17.6. The summed E-state index contributed by atoms with van der Waals surface area (Å²) in [6.45, 7) is 3.10. The van der Waals surface area contributed by atoms with Gasteiger partial charge in [-0.05, 0) is 6.92 Å². The van der Waals surface area contributed by atoms with Gasteiger partial charge in [0.2, 0.25) is 6.23 Å². The van der Waals surface area contributed by atoms with Crippen LogP contribution in [0.25, 0.3) is 0 Å². The average Bonchev–Trinajstić information content (AvgIpc) is 3.42. The normalized spacial score (nSPS) is 23.8. The molecule has 138 valence electrons. The highest BCUT2D eigenvalue weighted by Crippen LogP contribution is 2.13. The summed E-state index contributed by atoms with van der Waals surface area (Å²) in [5, 5.41) is 9.88. The number of hydrogen-bond acceptors (Lipinski definition) is 8. The molecule has 25 heavy (non-hydrogen) atoms. The molecule has 1 N–H and O–H groups in total. The molecule has 0 aromatic carbocycles. The molecule has 2 aliphatic heterocycles. The molecule has 11 nitrogen and oxygen atoms in total. The van der Waals surface area contributed by atoms with Crippen LogP contribution >= 0.6 is 0 Å². The van der Waals surface area contributed by atoms with Gasteiger partial charge in [0.05, 0.1) is 38.5 Å². The maximum atomic E-state index is 12.7. The molecular formula is C14H19N3O8. The summed E-state index contributed by atoms with van der Waals surface area (Å²) in [7, 11) is 0. The van der Waals surface area contributed by atoms with E-state index in [2.05, 4.69) is 0 Å². The fourth-order valence-electron chi connectivity index (χ4n) is 2.47. The molecule has 3 heterocycles. The van der Waals surface area contributed by atoms with E-state index in [9.17, 15) is 24.3 Å². The van der Waals surface area contributed by atoms with Crippen LogP contribution in [0.3, 0.4) is 0 Å². The average molecular weight is 357 g/mol. The SMILES string of the molecule is CC(=O)OC(C(C)O)n1c(=O)n(CC2CO2)c(=O)n(CC2CO2)c1=O. The molecule has 3 rings (SSSR count). The number of aromatic nitrogens is 3. The van der Waals surface area contributed by atoms with E-state index >= 15 is 0 Å². The highest BCUT2D eigenvalue weighted by Gasteiger charge is 2.32. The monoisotopic (exact) mass is 357 g/mol. The lowest BCUT2D eigenvalue weighted by Crippen LogP contribution is -2.57. The van der Waals surface area contributed by atoms with Crippen molar-refractivity contribution in [1.29, 1.82) is 0 Å². The van der Waals surface area contributed by atoms with Crippen LogP contribution in [-0.4, -0.2) is 56.3 Å². The van der Waals surface area contributed by atoms with Gasteiger partial charge in [0.25, 0.3) is 0 Å². The highest BCUT2D eigenvalue weighted by atomic mass is 16.6. The second kappa shape index (κ2) is 6.58. The molecular weight excluding hydrogens is 338 g/mol. The molecule has 0 bridgehead atoms. The van der Waals surface area contributed by atoms with Crippen molar-refractivity contribution in [3.8, 4) is 0 Å². The zero-order valence-electron chi connectivity index (χ0n) is 13.8. The van der Waals surface area contributed by atoms with Crippen molar-refractivity contribution in [1.82, 2.24) is 13.7 Å². The van der Waals surface area contributed by atoms with Crippen molar-refractivity contribution in [2.75, 3.05) is 13.2 Å². The highest BCUT2D eigenvalue weighted by molar-refractivity contribution is 5.66. The van der Waals surface area contributed by atoms with Crippen LogP contribution in [-0.2, 0) is 32.1 Å². The van der Waals surface area contributed by atoms with Gasteiger partial charge in [-0.1, -0.05) is 0 Å². The summed E-state index contributed by atoms with van der Waals surface area (Å²) in [6.07, 6.45) is -3.47. The Kier molecular flexibility index (Phi) is 4.62. The Morgan fingerprint density at radius 3 is 1.88 bits per heavy atom. The van der Waals surface area contributed by atoms with Gasteiger partial charge in [-0.2, -0.15) is 0 Å². The van der Waals surface area contributed by atoms with E-state index in [-0.39, 0.29) is 25.3 Å². The van der Waals surface area contributed by atoms with Crippen LogP contribution in [0.1, 0.15) is 20.1 Å². The summed E-state index contributed by atoms with van der Waals surface area (Å²) in [5.41, 5.74) is -2.72. The number of carbonyl (C=O) groups excluding carboxylic acids is 1. The lowest BCUT2D eigenvalue weighted by molar-refractivity contribution is -0.160. The van der Waals surface area contributed by atoms with Gasteiger partial charge in [0, 0.05) is 6.92 Å². The fourth-order valence-corrected chi connectivity index (χ4v) is 2.47. The molecule has 0 spiro atoms. The molecule has 1 aromatic rings. The van der Waals surface area contributed by atoms with Crippen molar-refractivity contribution < 1.29 is 24.1 Å². The maximum absolute atomic E-state index is 12.7. The number of esters is 1. The lowest BCUT2D eigenvalue weighted by Gasteiger charge is -2.22. The van der Waals surface area contributed by atoms with E-state index in [1.54, 1.807) is 0 Å². The summed E-state index contributed by atoms with van der Waals surface area (Å²) in [6, 6.07) is 0. The molecule has 4 atom stereocenters. The molecule has 1 aromatic heterocycles. The zero-order chi connectivity index (χ0) is 18.3. The van der Waals surface area contributed by atoms with Crippen molar-refractivity contribution in [3.05, 3.63) is 31.5 Å². The van der Waals surface area contributed by atoms with E-state index in [1.807, 2.05) is 0 Å². The minimum atomic E-state index is -1.55. The Hall–Kier alpha value is -2.24. The quantitative estimate of drug-likeness (QED) is 0.415. The third-order valence-electron chi connectivity index (χ3n) is 3.87. The number of ether oxygens (including phenoxy) is 3. The molecule has 2 aliphatic rings. The summed E-state index contributed by atoms with van der Waals surface area (Å²) >= 11 is 0. The van der Waals surface area contributed by atoms with Crippen molar-refractivity contribution in [2.24, 2.45) is 0 Å². The first-order valence-electron chi connectivity index (χ1n) is 7.84. The molecule has 0 saturated carbocycles. The predicted molar refractivity (Wildman–Crippen MR) is 81.2 cm³/mol. The van der Waals surface area contributed by atoms with Gasteiger partial charge in [0.1, 0.15) is 6.10 Å². The number of aliphatic hydroxyl groups excluding tert-OH is 1. The third-order valence-corrected chi connectivity index (χ3v) is 3.87. The Bertz CT molecular complexity index is 791. The number of hydrogen-bond donors (Lipinski definition) is 1. The Labute approximate surface area is 141 Å². The van der Waals surface area contributed by atoms with Gasteiger partial charge in [-0.25, -0.2) is 28.1 Å². The van der Waals surface area contributed by atoms with Gasteiger partial charge in [0.15, 0.2) is 0 Å². The molecule has 0 radical (unpaired) electrons. The first-order chi connectivity index (χ1) is 11.8. The van der Waals surface area contributed by atoms with Gasteiger partial charge < -0.3 is 19.3 Å². The molecule has 11 heteroatoms. The maximum Gasteiger partial charge on any atom is 0.339 e.